The Kier molecular flexibility index (Phi) is 11.4. The van der Waals surface area contributed by atoms with Crippen LogP contribution in [0.15, 0.2) is 18.2 Å². The molecule has 0 spiro atoms. The summed E-state index contributed by atoms with van der Waals surface area (Å²) in [5.41, 5.74) is 2.34. The molecule has 4 rings (SSSR count). The van der Waals surface area contributed by atoms with Gasteiger partial charge in [0.2, 0.25) is 0 Å². The maximum atomic E-state index is 5.06. The molecule has 8 heteroatoms. The van der Waals surface area contributed by atoms with Gasteiger partial charge < -0.3 is 21.3 Å². The van der Waals surface area contributed by atoms with Crippen molar-refractivity contribution in [3.05, 3.63) is 29.6 Å². The Bertz CT molecular complexity index is 603. The standard InChI is InChI=1S/C23H39N5.2ClH.Mn/c1-16-18-12-7-13-19(28-18)17(2)27-23-11-6-4-9-21(23)25-15-14-24-20-8-3-5-10-22(20)26-16;;;/h7,12-13,16-17,20-27H,3-6,8-11,14-15H2,1-2H3;2*1H;/q;;;+2/p-2/t16-,17+,20-,21-,22-,23-;;;/m1.../s1. The minimum atomic E-state index is 0.00694. The van der Waals surface area contributed by atoms with Gasteiger partial charge in [0.05, 0.1) is 11.4 Å². The van der Waals surface area contributed by atoms with Crippen molar-refractivity contribution in [3.63, 3.8) is 0 Å². The molecule has 3 aliphatic rings. The Morgan fingerprint density at radius 3 is 1.55 bits per heavy atom. The van der Waals surface area contributed by atoms with E-state index in [4.69, 9.17) is 25.2 Å². The van der Waals surface area contributed by atoms with Crippen LogP contribution >= 0.6 is 20.2 Å². The number of nitrogens with zero attached hydrogens (tertiary/aromatic N) is 1. The Balaban J connectivity index is 0.000000858. The van der Waals surface area contributed by atoms with E-state index in [2.05, 4.69) is 53.3 Å². The number of aromatic nitrogens is 1. The number of pyridine rings is 1. The number of nitrogens with one attached hydrogen (secondary N) is 4. The van der Waals surface area contributed by atoms with Crippen LogP contribution in [0.4, 0.5) is 0 Å². The molecule has 0 unspecified atom stereocenters. The van der Waals surface area contributed by atoms with Crippen LogP contribution < -0.4 is 21.3 Å². The van der Waals surface area contributed by atoms with Crippen molar-refractivity contribution in [2.24, 2.45) is 0 Å². The molecule has 2 heterocycles. The molecule has 6 atom stereocenters. The molecule has 1 aromatic rings. The second kappa shape index (κ2) is 13.7. The van der Waals surface area contributed by atoms with Gasteiger partial charge in [-0.15, -0.1) is 0 Å². The third-order valence-electron chi connectivity index (χ3n) is 7.08. The van der Waals surface area contributed by atoms with Crippen molar-refractivity contribution < 1.29 is 13.1 Å². The van der Waals surface area contributed by atoms with E-state index in [9.17, 15) is 0 Å². The van der Waals surface area contributed by atoms with Gasteiger partial charge in [0.15, 0.2) is 0 Å². The first-order valence-corrected chi connectivity index (χ1v) is 15.2. The van der Waals surface area contributed by atoms with E-state index < -0.39 is 0 Å². The number of fused-ring (bicyclic) bond motifs is 4. The predicted octanol–water partition coefficient (Wildman–Crippen LogP) is 4.57. The average molecular weight is 511 g/mol. The van der Waals surface area contributed by atoms with Gasteiger partial charge in [-0.1, -0.05) is 31.7 Å². The van der Waals surface area contributed by atoms with E-state index in [1.165, 1.54) is 62.8 Å². The van der Waals surface area contributed by atoms with E-state index in [0.29, 0.717) is 24.2 Å². The Morgan fingerprint density at radius 1 is 0.742 bits per heavy atom. The van der Waals surface area contributed by atoms with E-state index >= 15 is 0 Å². The van der Waals surface area contributed by atoms with Crippen LogP contribution in [-0.4, -0.2) is 42.2 Å². The Labute approximate surface area is 203 Å². The van der Waals surface area contributed by atoms with Crippen LogP contribution in [0.2, 0.25) is 0 Å². The van der Waals surface area contributed by atoms with Crippen LogP contribution in [-0.2, 0) is 13.1 Å². The normalized spacial score (nSPS) is 34.7. The summed E-state index contributed by atoms with van der Waals surface area (Å²) in [6, 6.07) is 9.34. The van der Waals surface area contributed by atoms with E-state index in [-0.39, 0.29) is 25.2 Å². The maximum absolute atomic E-state index is 5.06. The molecule has 2 aliphatic carbocycles. The van der Waals surface area contributed by atoms with Crippen LogP contribution in [0.1, 0.15) is 88.7 Å². The van der Waals surface area contributed by atoms with Gasteiger partial charge in [0.25, 0.3) is 0 Å². The summed E-state index contributed by atoms with van der Waals surface area (Å²) in [6.07, 6.45) is 10.4. The molecular formula is C23H39Cl2MnN5. The molecule has 31 heavy (non-hydrogen) atoms. The third-order valence-corrected chi connectivity index (χ3v) is 7.08. The molecule has 1 aliphatic heterocycles. The first-order valence-electron chi connectivity index (χ1n) is 11.9. The number of hydrogen-bond donors (Lipinski definition) is 4. The van der Waals surface area contributed by atoms with Crippen molar-refractivity contribution in [1.29, 1.82) is 0 Å². The fourth-order valence-corrected chi connectivity index (χ4v) is 5.43. The van der Waals surface area contributed by atoms with E-state index in [1.807, 2.05) is 0 Å². The quantitative estimate of drug-likeness (QED) is 0.385. The molecule has 0 aromatic carbocycles. The summed E-state index contributed by atoms with van der Waals surface area (Å²) in [6.45, 7) is 6.66. The van der Waals surface area contributed by atoms with Crippen LogP contribution in [0.3, 0.4) is 0 Å². The minimum absolute atomic E-state index is 0.00694. The Hall–Kier alpha value is 0.0895. The zero-order valence-electron chi connectivity index (χ0n) is 18.8. The Morgan fingerprint density at radius 2 is 1.13 bits per heavy atom. The van der Waals surface area contributed by atoms with Crippen molar-refractivity contribution >= 4 is 20.2 Å². The summed E-state index contributed by atoms with van der Waals surface area (Å²) < 4.78 is 0. The molecule has 4 N–H and O–H groups in total. The number of hydrogen-bond acceptors (Lipinski definition) is 5. The third kappa shape index (κ3) is 7.82. The summed E-state index contributed by atoms with van der Waals surface area (Å²) in [5.74, 6) is 0. The molecule has 2 fully saturated rings. The first-order chi connectivity index (χ1) is 15.1. The van der Waals surface area contributed by atoms with Gasteiger partial charge in [0.1, 0.15) is 0 Å². The van der Waals surface area contributed by atoms with Gasteiger partial charge in [-0.05, 0) is 51.7 Å². The molecule has 5 nitrogen and oxygen atoms in total. The topological polar surface area (TPSA) is 61.0 Å². The second-order valence-electron chi connectivity index (χ2n) is 9.22. The van der Waals surface area contributed by atoms with Crippen LogP contribution in [0.5, 0.6) is 0 Å². The number of rotatable bonds is 0. The van der Waals surface area contributed by atoms with Crippen LogP contribution in [0, 0.1) is 0 Å². The molecule has 0 amide bonds. The fraction of sp³-hybridized carbons (Fsp3) is 0.783. The van der Waals surface area contributed by atoms with E-state index in [0.717, 1.165) is 13.1 Å². The van der Waals surface area contributed by atoms with Crippen molar-refractivity contribution in [3.8, 4) is 0 Å². The SMILES string of the molecule is C[C@@H]1N[C@@H]2CCCC[C@H]2NCCN[C@@H]2CCCC[C@H]2N[C@H](C)c2cccc1n2.[Cl][Mn][Cl]. The summed E-state index contributed by atoms with van der Waals surface area (Å²) in [4.78, 5) is 5.06. The number of halogens is 2. The van der Waals surface area contributed by atoms with Crippen molar-refractivity contribution in [2.75, 3.05) is 13.1 Å². The molecule has 177 valence electrons. The van der Waals surface area contributed by atoms with Crippen molar-refractivity contribution in [2.45, 2.75) is 101 Å². The molecule has 2 bridgehead atoms. The molecular weight excluding hydrogens is 472 g/mol. The van der Waals surface area contributed by atoms with Gasteiger partial charge in [0, 0.05) is 49.3 Å². The summed E-state index contributed by atoms with van der Waals surface area (Å²) >= 11 is 0.00694. The predicted molar refractivity (Wildman–Crippen MR) is 127 cm³/mol. The van der Waals surface area contributed by atoms with Crippen LogP contribution in [0.25, 0.3) is 0 Å². The summed E-state index contributed by atoms with van der Waals surface area (Å²) in [5, 5.41) is 15.5. The zero-order valence-corrected chi connectivity index (χ0v) is 21.5. The summed E-state index contributed by atoms with van der Waals surface area (Å²) in [7, 11) is 9.59. The first kappa shape index (κ1) is 25.7. The van der Waals surface area contributed by atoms with E-state index in [1.54, 1.807) is 0 Å². The fourth-order valence-electron chi connectivity index (χ4n) is 5.43. The second-order valence-corrected chi connectivity index (χ2v) is 11.2. The monoisotopic (exact) mass is 510 g/mol. The molecule has 2 saturated carbocycles. The molecule has 0 saturated heterocycles. The van der Waals surface area contributed by atoms with Gasteiger partial charge in [-0.2, -0.15) is 0 Å². The molecule has 0 radical (unpaired) electrons. The van der Waals surface area contributed by atoms with Gasteiger partial charge in [-0.3, -0.25) is 4.98 Å². The van der Waals surface area contributed by atoms with Gasteiger partial charge in [-0.25, -0.2) is 0 Å². The molecule has 1 aromatic heterocycles. The zero-order chi connectivity index (χ0) is 22.1. The van der Waals surface area contributed by atoms with Gasteiger partial charge >= 0.3 is 33.3 Å². The average Bonchev–Trinajstić information content (AvgIpc) is 2.79. The van der Waals surface area contributed by atoms with Crippen molar-refractivity contribution in [1.82, 2.24) is 26.3 Å².